The molecule has 0 saturated heterocycles. The van der Waals surface area contributed by atoms with E-state index in [0.29, 0.717) is 18.5 Å². The van der Waals surface area contributed by atoms with Gasteiger partial charge in [0.15, 0.2) is 0 Å². The molecule has 0 spiro atoms. The van der Waals surface area contributed by atoms with Crippen molar-refractivity contribution in [2.75, 3.05) is 7.11 Å². The summed E-state index contributed by atoms with van der Waals surface area (Å²) in [6.07, 6.45) is 5.95. The van der Waals surface area contributed by atoms with Crippen LogP contribution < -0.4 is 10.1 Å². The van der Waals surface area contributed by atoms with Gasteiger partial charge in [-0.15, -0.1) is 0 Å². The highest BCUT2D eigenvalue weighted by atomic mass is 16.5. The van der Waals surface area contributed by atoms with E-state index in [1.165, 1.54) is 12.8 Å². The summed E-state index contributed by atoms with van der Waals surface area (Å²) in [7, 11) is 1.67. The van der Waals surface area contributed by atoms with Crippen molar-refractivity contribution in [3.8, 4) is 11.6 Å². The molecule has 2 aromatic rings. The van der Waals surface area contributed by atoms with Crippen molar-refractivity contribution in [1.82, 2.24) is 15.3 Å². The average Bonchev–Trinajstić information content (AvgIpc) is 3.32. The number of aromatic nitrogens is 2. The zero-order valence-corrected chi connectivity index (χ0v) is 12.1. The lowest BCUT2D eigenvalue weighted by molar-refractivity contribution is 0.184. The van der Waals surface area contributed by atoms with Gasteiger partial charge in [0, 0.05) is 19.7 Å². The van der Waals surface area contributed by atoms with E-state index < -0.39 is 0 Å². The second-order valence-electron chi connectivity index (χ2n) is 5.18. The van der Waals surface area contributed by atoms with E-state index in [4.69, 9.17) is 9.47 Å². The maximum Gasteiger partial charge on any atom is 0.237 e. The third kappa shape index (κ3) is 4.24. The fraction of sp³-hybridized carbons (Fsp3) is 0.375. The van der Waals surface area contributed by atoms with E-state index in [-0.39, 0.29) is 0 Å². The van der Waals surface area contributed by atoms with E-state index in [2.05, 4.69) is 15.3 Å². The van der Waals surface area contributed by atoms with Crippen molar-refractivity contribution in [2.45, 2.75) is 32.0 Å². The number of rotatable bonds is 7. The summed E-state index contributed by atoms with van der Waals surface area (Å²) in [4.78, 5) is 8.65. The number of benzene rings is 1. The van der Waals surface area contributed by atoms with Gasteiger partial charge in [-0.1, -0.05) is 12.1 Å². The lowest BCUT2D eigenvalue weighted by atomic mass is 10.2. The van der Waals surface area contributed by atoms with Crippen LogP contribution in [0.3, 0.4) is 0 Å². The molecule has 1 saturated carbocycles. The number of nitrogens with zero attached hydrogens (tertiary/aromatic N) is 2. The summed E-state index contributed by atoms with van der Waals surface area (Å²) in [5.74, 6) is 1.24. The highest BCUT2D eigenvalue weighted by Crippen LogP contribution is 2.21. The second-order valence-corrected chi connectivity index (χ2v) is 5.18. The molecule has 21 heavy (non-hydrogen) atoms. The number of methoxy groups -OCH3 is 1. The van der Waals surface area contributed by atoms with E-state index in [0.717, 1.165) is 23.6 Å². The van der Waals surface area contributed by atoms with Crippen LogP contribution in [0.25, 0.3) is 0 Å². The first-order valence-corrected chi connectivity index (χ1v) is 7.13. The summed E-state index contributed by atoms with van der Waals surface area (Å²) in [6.45, 7) is 1.33. The Morgan fingerprint density at radius 2 is 2.14 bits per heavy atom. The molecule has 5 nitrogen and oxygen atoms in total. The van der Waals surface area contributed by atoms with Crippen LogP contribution in [-0.4, -0.2) is 23.1 Å². The Morgan fingerprint density at radius 1 is 1.24 bits per heavy atom. The number of hydrogen-bond acceptors (Lipinski definition) is 5. The van der Waals surface area contributed by atoms with Crippen LogP contribution in [0.15, 0.2) is 36.7 Å². The minimum absolute atomic E-state index is 0.500. The molecule has 0 amide bonds. The molecule has 0 bridgehead atoms. The molecule has 1 aliphatic rings. The predicted molar refractivity (Wildman–Crippen MR) is 79.1 cm³/mol. The molecular weight excluding hydrogens is 266 g/mol. The average molecular weight is 285 g/mol. The quantitative estimate of drug-likeness (QED) is 0.847. The number of nitrogens with one attached hydrogen (secondary N) is 1. The Balaban J connectivity index is 1.59. The maximum atomic E-state index is 5.71. The van der Waals surface area contributed by atoms with E-state index >= 15 is 0 Å². The molecule has 1 aliphatic carbocycles. The lowest BCUT2D eigenvalue weighted by Gasteiger charge is -2.07. The van der Waals surface area contributed by atoms with Gasteiger partial charge in [-0.3, -0.25) is 4.98 Å². The Bertz CT molecular complexity index is 582. The molecule has 110 valence electrons. The molecule has 3 rings (SSSR count). The third-order valence-corrected chi connectivity index (χ3v) is 3.26. The first-order valence-electron chi connectivity index (χ1n) is 7.13. The SMILES string of the molecule is COCc1cccc(Oc2cnc(CNC3CC3)cn2)c1. The summed E-state index contributed by atoms with van der Waals surface area (Å²) in [6, 6.07) is 8.43. The van der Waals surface area contributed by atoms with Gasteiger partial charge in [-0.2, -0.15) is 0 Å². The van der Waals surface area contributed by atoms with Crippen LogP contribution in [0.1, 0.15) is 24.1 Å². The largest absolute Gasteiger partial charge is 0.437 e. The fourth-order valence-electron chi connectivity index (χ4n) is 2.01. The van der Waals surface area contributed by atoms with Gasteiger partial charge < -0.3 is 14.8 Å². The lowest BCUT2D eigenvalue weighted by Crippen LogP contribution is -2.16. The molecule has 1 fully saturated rings. The van der Waals surface area contributed by atoms with Crippen molar-refractivity contribution in [1.29, 1.82) is 0 Å². The van der Waals surface area contributed by atoms with E-state index in [1.54, 1.807) is 19.5 Å². The Morgan fingerprint density at radius 3 is 2.86 bits per heavy atom. The standard InChI is InChI=1S/C16H19N3O2/c1-20-11-12-3-2-4-15(7-12)21-16-10-18-14(9-19-16)8-17-13-5-6-13/h2-4,7,9-10,13,17H,5-6,8,11H2,1H3. The van der Waals surface area contributed by atoms with Crippen molar-refractivity contribution in [3.05, 3.63) is 47.9 Å². The van der Waals surface area contributed by atoms with Gasteiger partial charge in [0.25, 0.3) is 0 Å². The topological polar surface area (TPSA) is 56.3 Å². The van der Waals surface area contributed by atoms with Crippen molar-refractivity contribution >= 4 is 0 Å². The van der Waals surface area contributed by atoms with Crippen LogP contribution in [0, 0.1) is 0 Å². The minimum Gasteiger partial charge on any atom is -0.437 e. The van der Waals surface area contributed by atoms with Gasteiger partial charge in [0.2, 0.25) is 5.88 Å². The van der Waals surface area contributed by atoms with Gasteiger partial charge >= 0.3 is 0 Å². The molecular formula is C16H19N3O2. The highest BCUT2D eigenvalue weighted by molar-refractivity contribution is 5.30. The van der Waals surface area contributed by atoms with Crippen LogP contribution in [0.5, 0.6) is 11.6 Å². The molecule has 5 heteroatoms. The minimum atomic E-state index is 0.500. The van der Waals surface area contributed by atoms with Crippen molar-refractivity contribution in [2.24, 2.45) is 0 Å². The normalized spacial score (nSPS) is 14.1. The maximum absolute atomic E-state index is 5.71. The molecule has 0 aliphatic heterocycles. The number of ether oxygens (including phenoxy) is 2. The van der Waals surface area contributed by atoms with Crippen molar-refractivity contribution < 1.29 is 9.47 Å². The molecule has 0 atom stereocenters. The highest BCUT2D eigenvalue weighted by Gasteiger charge is 2.20. The summed E-state index contributed by atoms with van der Waals surface area (Å²) < 4.78 is 10.8. The number of hydrogen-bond donors (Lipinski definition) is 1. The zero-order chi connectivity index (χ0) is 14.5. The molecule has 1 heterocycles. The smallest absolute Gasteiger partial charge is 0.237 e. The van der Waals surface area contributed by atoms with Gasteiger partial charge in [0.1, 0.15) is 5.75 Å². The molecule has 0 unspecified atom stereocenters. The van der Waals surface area contributed by atoms with Crippen molar-refractivity contribution in [3.63, 3.8) is 0 Å². The monoisotopic (exact) mass is 285 g/mol. The summed E-state index contributed by atoms with van der Waals surface area (Å²) >= 11 is 0. The van der Waals surface area contributed by atoms with E-state index in [9.17, 15) is 0 Å². The predicted octanol–water partition coefficient (Wildman–Crippen LogP) is 2.67. The molecule has 1 N–H and O–H groups in total. The fourth-order valence-corrected chi connectivity index (χ4v) is 2.01. The van der Waals surface area contributed by atoms with Crippen LogP contribution in [0.4, 0.5) is 0 Å². The summed E-state index contributed by atoms with van der Waals surface area (Å²) in [5, 5.41) is 3.41. The molecule has 1 aromatic carbocycles. The first kappa shape index (κ1) is 14.0. The Labute approximate surface area is 124 Å². The first-order chi connectivity index (χ1) is 10.3. The third-order valence-electron chi connectivity index (χ3n) is 3.26. The van der Waals surface area contributed by atoms with Crippen LogP contribution in [-0.2, 0) is 17.9 Å². The molecule has 1 aromatic heterocycles. The van der Waals surface area contributed by atoms with Crippen LogP contribution in [0.2, 0.25) is 0 Å². The Kier molecular flexibility index (Phi) is 4.43. The van der Waals surface area contributed by atoms with Gasteiger partial charge in [-0.05, 0) is 30.5 Å². The summed E-state index contributed by atoms with van der Waals surface area (Å²) in [5.41, 5.74) is 2.00. The molecule has 0 radical (unpaired) electrons. The van der Waals surface area contributed by atoms with Crippen LogP contribution >= 0.6 is 0 Å². The van der Waals surface area contributed by atoms with Gasteiger partial charge in [-0.25, -0.2) is 4.98 Å². The van der Waals surface area contributed by atoms with E-state index in [1.807, 2.05) is 24.3 Å². The zero-order valence-electron chi connectivity index (χ0n) is 12.1. The van der Waals surface area contributed by atoms with Gasteiger partial charge in [0.05, 0.1) is 24.7 Å². The Hall–Kier alpha value is -1.98. The second kappa shape index (κ2) is 6.65.